The summed E-state index contributed by atoms with van der Waals surface area (Å²) in [5.41, 5.74) is 1.50. The molecule has 0 spiro atoms. The normalized spacial score (nSPS) is 11.3. The maximum atomic E-state index is 14.3. The number of fused-ring (bicyclic) bond motifs is 1. The fraction of sp³-hybridized carbons (Fsp3) is 0.263. The van der Waals surface area contributed by atoms with Gasteiger partial charge in [-0.3, -0.25) is 4.68 Å². The van der Waals surface area contributed by atoms with Gasteiger partial charge in [0.1, 0.15) is 0 Å². The summed E-state index contributed by atoms with van der Waals surface area (Å²) in [6, 6.07) is 7.62. The highest BCUT2D eigenvalue weighted by molar-refractivity contribution is 6.30. The van der Waals surface area contributed by atoms with Crippen molar-refractivity contribution in [3.8, 4) is 5.75 Å². The monoisotopic (exact) mass is 376 g/mol. The van der Waals surface area contributed by atoms with Crippen molar-refractivity contribution in [2.24, 2.45) is 5.92 Å². The molecular formula is C19H18ClFN2O3. The lowest BCUT2D eigenvalue weighted by molar-refractivity contribution is 0.0697. The van der Waals surface area contributed by atoms with E-state index >= 15 is 0 Å². The lowest BCUT2D eigenvalue weighted by atomic mass is 10.1. The van der Waals surface area contributed by atoms with Gasteiger partial charge < -0.3 is 9.84 Å². The molecule has 5 nitrogen and oxygen atoms in total. The zero-order chi connectivity index (χ0) is 18.8. The zero-order valence-electron chi connectivity index (χ0n) is 14.4. The first-order chi connectivity index (χ1) is 12.3. The minimum Gasteiger partial charge on any atom is -0.490 e. The molecule has 0 amide bonds. The number of halogens is 2. The van der Waals surface area contributed by atoms with Crippen LogP contribution in [0.5, 0.6) is 5.75 Å². The quantitative estimate of drug-likeness (QED) is 0.682. The number of ether oxygens (including phenoxy) is 1. The Labute approximate surface area is 155 Å². The van der Waals surface area contributed by atoms with Gasteiger partial charge in [0.25, 0.3) is 0 Å². The van der Waals surface area contributed by atoms with Gasteiger partial charge in [-0.15, -0.1) is 0 Å². The molecule has 3 aromatic rings. The minimum atomic E-state index is -0.999. The van der Waals surface area contributed by atoms with Crippen LogP contribution in [0.4, 0.5) is 4.39 Å². The third-order valence-corrected chi connectivity index (χ3v) is 4.07. The Morgan fingerprint density at radius 2 is 2.12 bits per heavy atom. The van der Waals surface area contributed by atoms with Crippen LogP contribution in [0.3, 0.4) is 0 Å². The van der Waals surface area contributed by atoms with Crippen LogP contribution in [-0.4, -0.2) is 27.5 Å². The highest BCUT2D eigenvalue weighted by atomic mass is 35.5. The molecule has 1 N–H and O–H groups in total. The van der Waals surface area contributed by atoms with Crippen LogP contribution in [0.15, 0.2) is 36.5 Å². The Hall–Kier alpha value is -2.60. The van der Waals surface area contributed by atoms with E-state index in [4.69, 9.17) is 21.4 Å². The van der Waals surface area contributed by atoms with Crippen molar-refractivity contribution in [3.05, 3.63) is 58.5 Å². The van der Waals surface area contributed by atoms with Crippen LogP contribution < -0.4 is 4.74 Å². The average Bonchev–Trinajstić information content (AvgIpc) is 2.96. The van der Waals surface area contributed by atoms with Crippen molar-refractivity contribution in [3.63, 3.8) is 0 Å². The van der Waals surface area contributed by atoms with Crippen LogP contribution in [0.25, 0.3) is 10.9 Å². The molecule has 0 saturated heterocycles. The molecule has 136 valence electrons. The highest BCUT2D eigenvalue weighted by Gasteiger charge is 2.15. The van der Waals surface area contributed by atoms with E-state index in [2.05, 4.69) is 5.10 Å². The van der Waals surface area contributed by atoms with E-state index in [1.807, 2.05) is 13.8 Å². The Morgan fingerprint density at radius 3 is 2.81 bits per heavy atom. The molecule has 0 atom stereocenters. The van der Waals surface area contributed by atoms with E-state index in [0.29, 0.717) is 17.6 Å². The van der Waals surface area contributed by atoms with Crippen LogP contribution >= 0.6 is 11.6 Å². The van der Waals surface area contributed by atoms with Gasteiger partial charge in [0.15, 0.2) is 11.6 Å². The van der Waals surface area contributed by atoms with E-state index < -0.39 is 11.8 Å². The van der Waals surface area contributed by atoms with Crippen molar-refractivity contribution >= 4 is 28.5 Å². The molecule has 26 heavy (non-hydrogen) atoms. The fourth-order valence-electron chi connectivity index (χ4n) is 2.65. The maximum absolute atomic E-state index is 14.3. The summed E-state index contributed by atoms with van der Waals surface area (Å²) < 4.78 is 21.6. The molecule has 0 aliphatic carbocycles. The molecule has 0 aliphatic heterocycles. The summed E-state index contributed by atoms with van der Waals surface area (Å²) in [5.74, 6) is -1.11. The number of carboxylic acids is 1. The summed E-state index contributed by atoms with van der Waals surface area (Å²) in [4.78, 5) is 11.1. The van der Waals surface area contributed by atoms with Crippen molar-refractivity contribution in [2.75, 3.05) is 6.61 Å². The van der Waals surface area contributed by atoms with Gasteiger partial charge in [-0.2, -0.15) is 5.10 Å². The first-order valence-electron chi connectivity index (χ1n) is 8.14. The van der Waals surface area contributed by atoms with Crippen molar-refractivity contribution < 1.29 is 19.0 Å². The molecule has 0 unspecified atom stereocenters. The largest absolute Gasteiger partial charge is 0.490 e. The Bertz CT molecular complexity index is 969. The predicted molar refractivity (Wildman–Crippen MR) is 97.5 cm³/mol. The molecule has 0 saturated carbocycles. The van der Waals surface area contributed by atoms with Crippen molar-refractivity contribution in [1.82, 2.24) is 9.78 Å². The Balaban J connectivity index is 1.98. The standard InChI is InChI=1S/C19H18ClFN2O3/c1-11(2)10-26-18-14(6-15(20)7-16(18)21)9-23-17-4-3-12(19(24)25)5-13(17)8-22-23/h3-8,11H,9-10H2,1-2H3,(H,24,25). The lowest BCUT2D eigenvalue weighted by Crippen LogP contribution is -2.10. The molecule has 1 heterocycles. The molecule has 0 aliphatic rings. The third-order valence-electron chi connectivity index (χ3n) is 3.86. The smallest absolute Gasteiger partial charge is 0.335 e. The molecule has 3 rings (SSSR count). The number of hydrogen-bond acceptors (Lipinski definition) is 3. The number of benzene rings is 2. The summed E-state index contributed by atoms with van der Waals surface area (Å²) in [6.07, 6.45) is 1.58. The predicted octanol–water partition coefficient (Wildman–Crippen LogP) is 4.61. The third kappa shape index (κ3) is 3.80. The van der Waals surface area contributed by atoms with E-state index in [9.17, 15) is 9.18 Å². The van der Waals surface area contributed by atoms with Gasteiger partial charge in [-0.25, -0.2) is 9.18 Å². The average molecular weight is 377 g/mol. The second-order valence-corrected chi connectivity index (χ2v) is 6.90. The van der Waals surface area contributed by atoms with Crippen LogP contribution in [0, 0.1) is 11.7 Å². The minimum absolute atomic E-state index is 0.161. The number of rotatable bonds is 6. The Kier molecular flexibility index (Phi) is 5.13. The second-order valence-electron chi connectivity index (χ2n) is 6.46. The van der Waals surface area contributed by atoms with E-state index in [1.165, 1.54) is 12.1 Å². The van der Waals surface area contributed by atoms with Crippen LogP contribution in [0.2, 0.25) is 5.02 Å². The van der Waals surface area contributed by atoms with E-state index in [0.717, 1.165) is 5.52 Å². The number of nitrogens with zero attached hydrogens (tertiary/aromatic N) is 2. The first-order valence-corrected chi connectivity index (χ1v) is 8.52. The summed E-state index contributed by atoms with van der Waals surface area (Å²) in [7, 11) is 0. The zero-order valence-corrected chi connectivity index (χ0v) is 15.1. The molecule has 1 aromatic heterocycles. The lowest BCUT2D eigenvalue weighted by Gasteiger charge is -2.15. The number of carboxylic acid groups (broad SMARTS) is 1. The number of hydrogen-bond donors (Lipinski definition) is 1. The summed E-state index contributed by atoms with van der Waals surface area (Å²) in [5, 5.41) is 14.3. The molecule has 0 radical (unpaired) electrons. The van der Waals surface area contributed by atoms with Gasteiger partial charge >= 0.3 is 5.97 Å². The summed E-state index contributed by atoms with van der Waals surface area (Å²) >= 11 is 6.01. The number of aromatic carboxylic acids is 1. The van der Waals surface area contributed by atoms with Crippen LogP contribution in [0.1, 0.15) is 29.8 Å². The number of aromatic nitrogens is 2. The molecule has 0 bridgehead atoms. The molecule has 0 fully saturated rings. The van der Waals surface area contributed by atoms with E-state index in [-0.39, 0.29) is 28.8 Å². The van der Waals surface area contributed by atoms with Gasteiger partial charge in [-0.05, 0) is 36.2 Å². The SMILES string of the molecule is CC(C)COc1c(F)cc(Cl)cc1Cn1ncc2cc(C(=O)O)ccc21. The molecular weight excluding hydrogens is 359 g/mol. The first kappa shape index (κ1) is 18.2. The van der Waals surface area contributed by atoms with Gasteiger partial charge in [0.05, 0.1) is 30.4 Å². The van der Waals surface area contributed by atoms with Crippen LogP contribution in [-0.2, 0) is 6.54 Å². The molecule has 2 aromatic carbocycles. The highest BCUT2D eigenvalue weighted by Crippen LogP contribution is 2.29. The van der Waals surface area contributed by atoms with Crippen molar-refractivity contribution in [2.45, 2.75) is 20.4 Å². The van der Waals surface area contributed by atoms with Crippen molar-refractivity contribution in [1.29, 1.82) is 0 Å². The fourth-order valence-corrected chi connectivity index (χ4v) is 2.88. The topological polar surface area (TPSA) is 64.4 Å². The second kappa shape index (κ2) is 7.33. The van der Waals surface area contributed by atoms with Gasteiger partial charge in [-0.1, -0.05) is 25.4 Å². The maximum Gasteiger partial charge on any atom is 0.335 e. The molecule has 7 heteroatoms. The van der Waals surface area contributed by atoms with E-state index in [1.54, 1.807) is 29.1 Å². The number of carbonyl (C=O) groups is 1. The Morgan fingerprint density at radius 1 is 1.35 bits per heavy atom. The summed E-state index contributed by atoms with van der Waals surface area (Å²) in [6.45, 7) is 4.59. The van der Waals surface area contributed by atoms with Gasteiger partial charge in [0, 0.05) is 16.0 Å². The van der Waals surface area contributed by atoms with Gasteiger partial charge in [0.2, 0.25) is 0 Å².